The first-order chi connectivity index (χ1) is 40.9. The molecular formula is C55H81N12O17PS2. The third-order valence-electron chi connectivity index (χ3n) is 14.0. The molecule has 1 saturated heterocycles. The summed E-state index contributed by atoms with van der Waals surface area (Å²) >= 11 is 2.22. The molecule has 2 aromatic carbocycles. The van der Waals surface area contributed by atoms with E-state index >= 15 is 0 Å². The highest BCUT2D eigenvalue weighted by Gasteiger charge is 2.44. The Labute approximate surface area is 512 Å². The molecule has 12 amide bonds. The zero-order valence-corrected chi connectivity index (χ0v) is 51.8. The van der Waals surface area contributed by atoms with Crippen LogP contribution in [0.1, 0.15) is 97.1 Å². The molecule has 87 heavy (non-hydrogen) atoms. The Bertz CT molecular complexity index is 2840. The van der Waals surface area contributed by atoms with E-state index in [9.17, 15) is 77.0 Å². The van der Waals surface area contributed by atoms with Crippen LogP contribution in [0.3, 0.4) is 0 Å². The second-order valence-electron chi connectivity index (χ2n) is 22.1. The molecule has 1 saturated carbocycles. The van der Waals surface area contributed by atoms with Crippen LogP contribution < -0.4 is 69.2 Å². The van der Waals surface area contributed by atoms with Crippen molar-refractivity contribution in [2.75, 3.05) is 30.1 Å². The first kappa shape index (κ1) is 72.0. The molecule has 2 fully saturated rings. The number of hydrogen-bond donors (Lipinski definition) is 15. The minimum Gasteiger partial charge on any atom is -0.508 e. The van der Waals surface area contributed by atoms with Gasteiger partial charge in [0.15, 0.2) is 0 Å². The normalized spacial score (nSPS) is 24.3. The number of nitrogens with two attached hydrogens (primary N) is 2. The number of phenols is 1. The predicted octanol–water partition coefficient (Wildman–Crippen LogP) is -1.95. The third kappa shape index (κ3) is 24.3. The molecule has 0 radical (unpaired) electrons. The van der Waals surface area contributed by atoms with Crippen LogP contribution in [0.25, 0.3) is 0 Å². The average Bonchev–Trinajstić information content (AvgIpc) is 1.73. The maximum atomic E-state index is 14.6. The quantitative estimate of drug-likeness (QED) is 0.0862. The fourth-order valence-electron chi connectivity index (χ4n) is 9.39. The van der Waals surface area contributed by atoms with Gasteiger partial charge in [0.2, 0.25) is 70.9 Å². The molecule has 32 heteroatoms. The minimum absolute atomic E-state index is 0.0239. The van der Waals surface area contributed by atoms with E-state index < -0.39 is 151 Å². The summed E-state index contributed by atoms with van der Waals surface area (Å²) in [7, 11) is -4.99. The molecule has 0 aromatic heterocycles. The van der Waals surface area contributed by atoms with Gasteiger partial charge in [-0.15, -0.1) is 11.8 Å². The Morgan fingerprint density at radius 3 is 1.77 bits per heavy atom. The van der Waals surface area contributed by atoms with Crippen molar-refractivity contribution >= 4 is 102 Å². The summed E-state index contributed by atoms with van der Waals surface area (Å²) in [5.41, 5.74) is 10.4. The first-order valence-electron chi connectivity index (χ1n) is 28.2. The van der Waals surface area contributed by atoms with E-state index in [0.717, 1.165) is 11.8 Å². The zero-order chi connectivity index (χ0) is 64.8. The summed E-state index contributed by atoms with van der Waals surface area (Å²) in [4.78, 5) is 185. The molecule has 2 aromatic rings. The van der Waals surface area contributed by atoms with Gasteiger partial charge in [-0.05, 0) is 91.8 Å². The van der Waals surface area contributed by atoms with E-state index in [4.69, 9.17) is 11.5 Å². The summed E-state index contributed by atoms with van der Waals surface area (Å²) in [5.74, 6) is -12.5. The number of phenolic OH excluding ortho intramolecular Hbond substituents is 1. The standard InChI is InChI=1S/C55H81N12O17PS2/c1-29(2)22-37-49(75)62-38(23-33-12-16-35(17-13-33)84-85(81,82)83)50(76)64-40(25-42(56)69)51(77)66-45(30(3)4)53(79)58-26-43(70)60-36(18-21-86-6)48(74)63-39(24-32-10-14-34(68)15-11-32)52(78)67-55(19-8-7-9-20-55)54(80)65-41(46(57)72)27-87-28-44(71)59-31(5)47(73)61-37/h10-17,29-31,36-41,45,68H,7-9,18-28H2,1-6H3,(H2,56,69)(H2,57,72)(H,58,79)(H,59,71)(H,60,70)(H,61,73)(H,62,75)(H,63,74)(H,64,76)(H,65,80)(H,66,77)(H,67,78)(H2,81,82,83)/t31-,36-,37-,38-,39-,40-,41-,45-/m0/s1. The number of primary amides is 2. The zero-order valence-electron chi connectivity index (χ0n) is 49.3. The van der Waals surface area contributed by atoms with Crippen LogP contribution in [0.2, 0.25) is 0 Å². The number of amides is 12. The van der Waals surface area contributed by atoms with E-state index in [-0.39, 0.29) is 73.0 Å². The van der Waals surface area contributed by atoms with E-state index in [1.807, 2.05) is 0 Å². The number of carbonyl (C=O) groups excluding carboxylic acids is 12. The number of thioether (sulfide) groups is 2. The highest BCUT2D eigenvalue weighted by atomic mass is 32.2. The van der Waals surface area contributed by atoms with Gasteiger partial charge in [-0.2, -0.15) is 11.8 Å². The number of phosphoric acid groups is 1. The van der Waals surface area contributed by atoms with Gasteiger partial charge in [0.1, 0.15) is 65.4 Å². The van der Waals surface area contributed by atoms with Gasteiger partial charge in [-0.25, -0.2) is 4.57 Å². The lowest BCUT2D eigenvalue weighted by Gasteiger charge is -2.38. The summed E-state index contributed by atoms with van der Waals surface area (Å²) in [5, 5.41) is 35.8. The molecule has 4 rings (SSSR count). The highest BCUT2D eigenvalue weighted by Crippen LogP contribution is 2.37. The number of phosphoric ester groups is 1. The van der Waals surface area contributed by atoms with Crippen molar-refractivity contribution in [2.45, 2.75) is 153 Å². The summed E-state index contributed by atoms with van der Waals surface area (Å²) in [6, 6.07) is -0.901. The van der Waals surface area contributed by atoms with Gasteiger partial charge in [0, 0.05) is 18.6 Å². The van der Waals surface area contributed by atoms with Crippen LogP contribution in [0.4, 0.5) is 0 Å². The molecule has 1 heterocycles. The SMILES string of the molecule is CSCC[C@@H]1NC(=O)CNC(=O)[C@H](C(C)C)NC(=O)[C@H](CC(N)=O)NC(=O)[C@H](Cc2ccc(OP(=O)(O)O)cc2)NC(=O)[C@H](CC(C)C)NC(=O)[C@H](C)NC(=O)CSC[C@@H](C(N)=O)NC(=O)C2(CCCCC2)NC(=O)[C@H](Cc2ccc(O)cc2)NC1=O. The molecular weight excluding hydrogens is 1200 g/mol. The monoisotopic (exact) mass is 1280 g/mol. The number of hydrogen-bond acceptors (Lipinski definition) is 17. The van der Waals surface area contributed by atoms with E-state index in [2.05, 4.69) is 57.7 Å². The number of rotatable bonds is 15. The fourth-order valence-corrected chi connectivity index (χ4v) is 11.1. The molecule has 0 unspecified atom stereocenters. The predicted molar refractivity (Wildman–Crippen MR) is 320 cm³/mol. The maximum absolute atomic E-state index is 14.6. The van der Waals surface area contributed by atoms with Crippen molar-refractivity contribution in [1.82, 2.24) is 53.2 Å². The largest absolute Gasteiger partial charge is 0.524 e. The van der Waals surface area contributed by atoms with Crippen molar-refractivity contribution in [2.24, 2.45) is 23.3 Å². The van der Waals surface area contributed by atoms with Crippen molar-refractivity contribution in [1.29, 1.82) is 0 Å². The molecule has 0 bridgehead atoms. The molecule has 1 spiro atoms. The van der Waals surface area contributed by atoms with Crippen molar-refractivity contribution in [3.8, 4) is 11.5 Å². The molecule has 480 valence electrons. The minimum atomic E-state index is -4.99. The molecule has 8 atom stereocenters. The van der Waals surface area contributed by atoms with Gasteiger partial charge >= 0.3 is 7.82 Å². The van der Waals surface area contributed by atoms with Crippen LogP contribution in [0.15, 0.2) is 48.5 Å². The molecule has 17 N–H and O–H groups in total. The number of aromatic hydroxyl groups is 1. The number of nitrogens with one attached hydrogen (secondary N) is 10. The second-order valence-corrected chi connectivity index (χ2v) is 25.2. The number of carbonyl (C=O) groups is 12. The molecule has 1 aliphatic heterocycles. The van der Waals surface area contributed by atoms with Gasteiger partial charge in [-0.1, -0.05) is 71.2 Å². The van der Waals surface area contributed by atoms with Crippen molar-refractivity contribution < 1.29 is 81.5 Å². The second kappa shape index (κ2) is 34.2. The van der Waals surface area contributed by atoms with Gasteiger partial charge in [0.25, 0.3) is 0 Å². The van der Waals surface area contributed by atoms with Crippen LogP contribution in [-0.4, -0.2) is 170 Å². The first-order valence-corrected chi connectivity index (χ1v) is 32.2. The van der Waals surface area contributed by atoms with Crippen LogP contribution in [-0.2, 0) is 74.9 Å². The molecule has 1 aliphatic carbocycles. The maximum Gasteiger partial charge on any atom is 0.524 e. The third-order valence-corrected chi connectivity index (χ3v) is 16.1. The lowest BCUT2D eigenvalue weighted by Crippen LogP contribution is -2.65. The van der Waals surface area contributed by atoms with E-state index in [1.165, 1.54) is 67.2 Å². The summed E-state index contributed by atoms with van der Waals surface area (Å²) in [6.45, 7) is 7.13. The van der Waals surface area contributed by atoms with Crippen LogP contribution >= 0.6 is 31.3 Å². The Kier molecular flexibility index (Phi) is 28.3. The van der Waals surface area contributed by atoms with Crippen LogP contribution in [0.5, 0.6) is 11.5 Å². The number of benzene rings is 2. The fraction of sp³-hybridized carbons (Fsp3) is 0.564. The Balaban J connectivity index is 1.76. The molecule has 29 nitrogen and oxygen atoms in total. The molecule has 2 aliphatic rings. The van der Waals surface area contributed by atoms with Gasteiger partial charge in [0.05, 0.1) is 18.7 Å². The van der Waals surface area contributed by atoms with Crippen molar-refractivity contribution in [3.63, 3.8) is 0 Å². The smallest absolute Gasteiger partial charge is 0.508 e. The summed E-state index contributed by atoms with van der Waals surface area (Å²) in [6.07, 6.45) is 2.24. The van der Waals surface area contributed by atoms with Gasteiger partial charge in [-0.3, -0.25) is 67.3 Å². The van der Waals surface area contributed by atoms with E-state index in [1.54, 1.807) is 34.0 Å². The lowest BCUT2D eigenvalue weighted by atomic mass is 9.80. The highest BCUT2D eigenvalue weighted by molar-refractivity contribution is 8.00. The van der Waals surface area contributed by atoms with Crippen molar-refractivity contribution in [3.05, 3.63) is 59.7 Å². The Morgan fingerprint density at radius 2 is 1.22 bits per heavy atom. The lowest BCUT2D eigenvalue weighted by molar-refractivity contribution is -0.138. The topological polar surface area (TPSA) is 464 Å². The average molecular weight is 1280 g/mol. The Hall–Kier alpha value is -7.47. The summed E-state index contributed by atoms with van der Waals surface area (Å²) < 4.78 is 16.1. The Morgan fingerprint density at radius 1 is 0.678 bits per heavy atom. The van der Waals surface area contributed by atoms with E-state index in [0.29, 0.717) is 30.6 Å². The van der Waals surface area contributed by atoms with Gasteiger partial charge < -0.3 is 74.3 Å². The van der Waals surface area contributed by atoms with Crippen LogP contribution in [0, 0.1) is 11.8 Å².